The highest BCUT2D eigenvalue weighted by molar-refractivity contribution is 5.18. The van der Waals surface area contributed by atoms with E-state index in [1.165, 1.54) is 24.8 Å². The molecule has 1 heterocycles. The topological polar surface area (TPSA) is 14.2 Å². The molecule has 2 heteroatoms. The Balaban J connectivity index is 1.92. The summed E-state index contributed by atoms with van der Waals surface area (Å²) in [6, 6.07) is 2.25. The van der Waals surface area contributed by atoms with Gasteiger partial charge in [-0.15, -0.1) is 0 Å². The van der Waals surface area contributed by atoms with Gasteiger partial charge in [-0.1, -0.05) is 6.42 Å². The summed E-state index contributed by atoms with van der Waals surface area (Å²) in [6.45, 7) is 1.78. The Morgan fingerprint density at radius 2 is 2.38 bits per heavy atom. The van der Waals surface area contributed by atoms with Crippen LogP contribution in [0.3, 0.4) is 0 Å². The van der Waals surface area contributed by atoms with Gasteiger partial charge in [-0.05, 0) is 30.4 Å². The van der Waals surface area contributed by atoms with Crippen molar-refractivity contribution in [1.82, 2.24) is 4.57 Å². The third kappa shape index (κ3) is 1.94. The van der Waals surface area contributed by atoms with Crippen LogP contribution >= 0.6 is 0 Å². The number of ether oxygens (including phenoxy) is 1. The van der Waals surface area contributed by atoms with E-state index in [9.17, 15) is 0 Å². The minimum Gasteiger partial charge on any atom is -0.383 e. The van der Waals surface area contributed by atoms with Crippen LogP contribution in [0.4, 0.5) is 0 Å². The van der Waals surface area contributed by atoms with E-state index in [0.717, 1.165) is 19.1 Å². The normalized spacial score (nSPS) is 17.3. The lowest BCUT2D eigenvalue weighted by Crippen LogP contribution is -2.08. The molecule has 0 N–H and O–H groups in total. The van der Waals surface area contributed by atoms with Crippen molar-refractivity contribution < 1.29 is 4.74 Å². The van der Waals surface area contributed by atoms with Crippen LogP contribution in [0.2, 0.25) is 0 Å². The van der Waals surface area contributed by atoms with Crippen LogP contribution < -0.4 is 0 Å². The second kappa shape index (κ2) is 3.97. The molecular formula is C11H17NO. The van der Waals surface area contributed by atoms with E-state index in [2.05, 4.69) is 23.0 Å². The van der Waals surface area contributed by atoms with Crippen molar-refractivity contribution in [3.63, 3.8) is 0 Å². The Hall–Kier alpha value is -0.760. The van der Waals surface area contributed by atoms with Gasteiger partial charge in [0.2, 0.25) is 0 Å². The predicted octanol–water partition coefficient (Wildman–Crippen LogP) is 2.40. The quantitative estimate of drug-likeness (QED) is 0.692. The fourth-order valence-electron chi connectivity index (χ4n) is 1.78. The Bertz CT molecular complexity index is 263. The average Bonchev–Trinajstić information content (AvgIpc) is 2.46. The second-order valence-corrected chi connectivity index (χ2v) is 3.80. The first-order chi connectivity index (χ1) is 6.40. The highest BCUT2D eigenvalue weighted by atomic mass is 16.5. The van der Waals surface area contributed by atoms with Gasteiger partial charge in [0, 0.05) is 26.0 Å². The van der Waals surface area contributed by atoms with Crippen molar-refractivity contribution in [2.24, 2.45) is 0 Å². The zero-order valence-electron chi connectivity index (χ0n) is 8.20. The fourth-order valence-corrected chi connectivity index (χ4v) is 1.78. The van der Waals surface area contributed by atoms with Crippen LogP contribution in [0.5, 0.6) is 0 Å². The zero-order valence-corrected chi connectivity index (χ0v) is 8.20. The van der Waals surface area contributed by atoms with Crippen LogP contribution in [0.25, 0.3) is 0 Å². The zero-order chi connectivity index (χ0) is 9.10. The van der Waals surface area contributed by atoms with Crippen LogP contribution in [0.1, 0.15) is 30.7 Å². The molecule has 0 aromatic carbocycles. The Labute approximate surface area is 79.5 Å². The van der Waals surface area contributed by atoms with E-state index in [1.807, 2.05) is 0 Å². The van der Waals surface area contributed by atoms with Crippen LogP contribution in [-0.2, 0) is 11.3 Å². The minimum atomic E-state index is 0.804. The van der Waals surface area contributed by atoms with Gasteiger partial charge in [0.1, 0.15) is 0 Å². The van der Waals surface area contributed by atoms with Gasteiger partial charge in [0.25, 0.3) is 0 Å². The lowest BCUT2D eigenvalue weighted by Gasteiger charge is -2.24. The van der Waals surface area contributed by atoms with Gasteiger partial charge < -0.3 is 9.30 Å². The smallest absolute Gasteiger partial charge is 0.0641 e. The number of hydrogen-bond donors (Lipinski definition) is 0. The molecule has 1 aromatic rings. The largest absolute Gasteiger partial charge is 0.383 e. The van der Waals surface area contributed by atoms with Crippen LogP contribution in [0, 0.1) is 0 Å². The first kappa shape index (κ1) is 8.82. The minimum absolute atomic E-state index is 0.804. The summed E-state index contributed by atoms with van der Waals surface area (Å²) in [5.41, 5.74) is 1.52. The van der Waals surface area contributed by atoms with Crippen LogP contribution in [-0.4, -0.2) is 18.3 Å². The SMILES string of the molecule is COCCn1ccc(C2CCC2)c1. The molecule has 1 aliphatic carbocycles. The summed E-state index contributed by atoms with van der Waals surface area (Å²) in [7, 11) is 1.75. The molecule has 0 aliphatic heterocycles. The second-order valence-electron chi connectivity index (χ2n) is 3.80. The molecule has 1 aromatic heterocycles. The van der Waals surface area contributed by atoms with Gasteiger partial charge in [-0.2, -0.15) is 0 Å². The summed E-state index contributed by atoms with van der Waals surface area (Å²) in [6.07, 6.45) is 8.60. The van der Waals surface area contributed by atoms with Crippen molar-refractivity contribution in [3.8, 4) is 0 Å². The van der Waals surface area contributed by atoms with Crippen molar-refractivity contribution >= 4 is 0 Å². The highest BCUT2D eigenvalue weighted by Crippen LogP contribution is 2.36. The molecule has 0 amide bonds. The van der Waals surface area contributed by atoms with Gasteiger partial charge in [-0.25, -0.2) is 0 Å². The molecule has 0 spiro atoms. The first-order valence-corrected chi connectivity index (χ1v) is 5.05. The maximum absolute atomic E-state index is 5.03. The van der Waals surface area contributed by atoms with Crippen molar-refractivity contribution in [3.05, 3.63) is 24.0 Å². The number of rotatable bonds is 4. The molecule has 0 radical (unpaired) electrons. The molecule has 1 aliphatic rings. The fraction of sp³-hybridized carbons (Fsp3) is 0.636. The molecule has 72 valence electrons. The number of nitrogens with zero attached hydrogens (tertiary/aromatic N) is 1. The van der Waals surface area contributed by atoms with Crippen molar-refractivity contribution in [2.75, 3.05) is 13.7 Å². The van der Waals surface area contributed by atoms with E-state index in [0.29, 0.717) is 0 Å². The maximum atomic E-state index is 5.03. The van der Waals surface area contributed by atoms with E-state index in [1.54, 1.807) is 7.11 Å². The number of hydrogen-bond acceptors (Lipinski definition) is 1. The number of methoxy groups -OCH3 is 1. The van der Waals surface area contributed by atoms with E-state index in [4.69, 9.17) is 4.74 Å². The Kier molecular flexibility index (Phi) is 2.69. The van der Waals surface area contributed by atoms with E-state index < -0.39 is 0 Å². The van der Waals surface area contributed by atoms with E-state index >= 15 is 0 Å². The monoisotopic (exact) mass is 179 g/mol. The molecule has 2 nitrogen and oxygen atoms in total. The summed E-state index contributed by atoms with van der Waals surface area (Å²) < 4.78 is 7.25. The third-order valence-corrected chi connectivity index (χ3v) is 2.90. The predicted molar refractivity (Wildman–Crippen MR) is 52.9 cm³/mol. The lowest BCUT2D eigenvalue weighted by molar-refractivity contribution is 0.187. The summed E-state index contributed by atoms with van der Waals surface area (Å²) >= 11 is 0. The highest BCUT2D eigenvalue weighted by Gasteiger charge is 2.19. The Morgan fingerprint density at radius 1 is 1.54 bits per heavy atom. The summed E-state index contributed by atoms with van der Waals surface area (Å²) in [5, 5.41) is 0. The average molecular weight is 179 g/mol. The molecule has 1 saturated carbocycles. The van der Waals surface area contributed by atoms with Gasteiger partial charge in [0.15, 0.2) is 0 Å². The standard InChI is InChI=1S/C11H17NO/c1-13-8-7-12-6-5-11(9-12)10-3-2-4-10/h5-6,9-10H,2-4,7-8H2,1H3. The molecule has 0 saturated heterocycles. The van der Waals surface area contributed by atoms with Gasteiger partial charge >= 0.3 is 0 Å². The molecule has 13 heavy (non-hydrogen) atoms. The molecule has 1 fully saturated rings. The molecular weight excluding hydrogens is 162 g/mol. The lowest BCUT2D eigenvalue weighted by atomic mass is 9.81. The molecule has 0 unspecified atom stereocenters. The third-order valence-electron chi connectivity index (χ3n) is 2.90. The van der Waals surface area contributed by atoms with Crippen LogP contribution in [0.15, 0.2) is 18.5 Å². The van der Waals surface area contributed by atoms with Crippen molar-refractivity contribution in [2.45, 2.75) is 31.7 Å². The van der Waals surface area contributed by atoms with E-state index in [-0.39, 0.29) is 0 Å². The summed E-state index contributed by atoms with van der Waals surface area (Å²) in [4.78, 5) is 0. The van der Waals surface area contributed by atoms with Gasteiger partial charge in [0.05, 0.1) is 6.61 Å². The summed E-state index contributed by atoms with van der Waals surface area (Å²) in [5.74, 6) is 0.851. The molecule has 0 atom stereocenters. The molecule has 2 rings (SSSR count). The van der Waals surface area contributed by atoms with Gasteiger partial charge in [-0.3, -0.25) is 0 Å². The number of aromatic nitrogens is 1. The maximum Gasteiger partial charge on any atom is 0.0641 e. The van der Waals surface area contributed by atoms with Crippen molar-refractivity contribution in [1.29, 1.82) is 0 Å². The molecule has 0 bridgehead atoms. The Morgan fingerprint density at radius 3 is 3.00 bits per heavy atom. The first-order valence-electron chi connectivity index (χ1n) is 5.05.